The van der Waals surface area contributed by atoms with Crippen molar-refractivity contribution in [3.63, 3.8) is 0 Å². The first-order valence-corrected chi connectivity index (χ1v) is 4.84. The number of Topliss-reactive ketones (excluding diaryl/α,β-unsaturated/α-hetero) is 1. The monoisotopic (exact) mass is 225 g/mol. The van der Waals surface area contributed by atoms with Gasteiger partial charge in [-0.15, -0.1) is 0 Å². The first kappa shape index (κ1) is 12.2. The number of ether oxygens (including phenoxy) is 1. The zero-order chi connectivity index (χ0) is 12.3. The van der Waals surface area contributed by atoms with Crippen LogP contribution in [0.15, 0.2) is 6.20 Å². The number of nitrogens with zero attached hydrogens (tertiary/aromatic N) is 1. The van der Waals surface area contributed by atoms with Crippen LogP contribution >= 0.6 is 0 Å². The quantitative estimate of drug-likeness (QED) is 0.753. The predicted octanol–water partition coefficient (Wildman–Crippen LogP) is 1.96. The average Bonchev–Trinajstić information content (AvgIpc) is 2.47. The summed E-state index contributed by atoms with van der Waals surface area (Å²) in [4.78, 5) is 22.5. The molecule has 6 nitrogen and oxygen atoms in total. The molecule has 0 spiro atoms. The van der Waals surface area contributed by atoms with Crippen molar-refractivity contribution in [2.24, 2.45) is 0 Å². The molecular weight excluding hydrogens is 210 g/mol. The van der Waals surface area contributed by atoms with Crippen LogP contribution in [-0.2, 0) is 4.74 Å². The summed E-state index contributed by atoms with van der Waals surface area (Å²) in [7, 11) is 0. The molecule has 0 aliphatic carbocycles. The van der Waals surface area contributed by atoms with Crippen LogP contribution in [0.2, 0.25) is 0 Å². The Morgan fingerprint density at radius 3 is 2.56 bits per heavy atom. The Labute approximate surface area is 93.4 Å². The third-order valence-electron chi connectivity index (χ3n) is 1.63. The van der Waals surface area contributed by atoms with Crippen LogP contribution in [0.1, 0.15) is 38.2 Å². The van der Waals surface area contributed by atoms with Gasteiger partial charge in [0, 0.05) is 6.92 Å². The molecule has 6 heteroatoms. The van der Waals surface area contributed by atoms with Gasteiger partial charge in [0.15, 0.2) is 5.78 Å². The molecule has 0 bridgehead atoms. The van der Waals surface area contributed by atoms with Gasteiger partial charge in [0.25, 0.3) is 0 Å². The smallest absolute Gasteiger partial charge is 0.412 e. The summed E-state index contributed by atoms with van der Waals surface area (Å²) in [5.74, 6) is -0.205. The van der Waals surface area contributed by atoms with Crippen molar-refractivity contribution in [1.29, 1.82) is 0 Å². The number of amides is 1. The molecule has 0 saturated heterocycles. The lowest BCUT2D eigenvalue weighted by atomic mass is 10.2. The first-order valence-electron chi connectivity index (χ1n) is 4.84. The van der Waals surface area contributed by atoms with E-state index in [0.717, 1.165) is 0 Å². The third kappa shape index (κ3) is 3.38. The van der Waals surface area contributed by atoms with E-state index in [1.807, 2.05) is 0 Å². The molecule has 16 heavy (non-hydrogen) atoms. The number of aromatic amines is 1. The number of anilines is 1. The molecule has 0 saturated carbocycles. The fraction of sp³-hybridized carbons (Fsp3) is 0.500. The molecule has 0 aromatic carbocycles. The molecule has 1 aromatic heterocycles. The van der Waals surface area contributed by atoms with Crippen molar-refractivity contribution < 1.29 is 14.3 Å². The van der Waals surface area contributed by atoms with Gasteiger partial charge in [0.1, 0.15) is 11.3 Å². The molecule has 0 unspecified atom stereocenters. The van der Waals surface area contributed by atoms with E-state index in [9.17, 15) is 9.59 Å². The van der Waals surface area contributed by atoms with Crippen molar-refractivity contribution in [3.8, 4) is 0 Å². The van der Waals surface area contributed by atoms with E-state index < -0.39 is 11.7 Å². The van der Waals surface area contributed by atoms with E-state index in [2.05, 4.69) is 15.5 Å². The number of hydrogen-bond donors (Lipinski definition) is 2. The van der Waals surface area contributed by atoms with Gasteiger partial charge in [0.2, 0.25) is 0 Å². The largest absolute Gasteiger partial charge is 0.444 e. The van der Waals surface area contributed by atoms with E-state index in [4.69, 9.17) is 4.74 Å². The Bertz CT molecular complexity index is 404. The SMILES string of the molecule is CC(=O)c1[nH]ncc1NC(=O)OC(C)(C)C. The Balaban J connectivity index is 2.70. The van der Waals surface area contributed by atoms with Crippen LogP contribution < -0.4 is 5.32 Å². The van der Waals surface area contributed by atoms with Crippen molar-refractivity contribution in [1.82, 2.24) is 10.2 Å². The zero-order valence-corrected chi connectivity index (χ0v) is 9.75. The summed E-state index contributed by atoms with van der Waals surface area (Å²) >= 11 is 0. The molecule has 1 aromatic rings. The second kappa shape index (κ2) is 4.34. The summed E-state index contributed by atoms with van der Waals surface area (Å²) in [6.45, 7) is 6.66. The topological polar surface area (TPSA) is 84.1 Å². The lowest BCUT2D eigenvalue weighted by Crippen LogP contribution is -2.27. The van der Waals surface area contributed by atoms with Crippen molar-refractivity contribution in [3.05, 3.63) is 11.9 Å². The van der Waals surface area contributed by atoms with E-state index in [1.54, 1.807) is 20.8 Å². The lowest BCUT2D eigenvalue weighted by Gasteiger charge is -2.19. The number of carbonyl (C=O) groups excluding carboxylic acids is 2. The van der Waals surface area contributed by atoms with Gasteiger partial charge in [-0.2, -0.15) is 5.10 Å². The minimum atomic E-state index is -0.614. The van der Waals surface area contributed by atoms with Crippen LogP contribution in [0.4, 0.5) is 10.5 Å². The maximum absolute atomic E-state index is 11.4. The van der Waals surface area contributed by atoms with Gasteiger partial charge >= 0.3 is 6.09 Å². The maximum Gasteiger partial charge on any atom is 0.412 e. The molecule has 0 aliphatic rings. The molecule has 2 N–H and O–H groups in total. The normalized spacial score (nSPS) is 11.0. The number of H-pyrrole nitrogens is 1. The minimum Gasteiger partial charge on any atom is -0.444 e. The standard InChI is InChI=1S/C10H15N3O3/c1-6(14)8-7(5-11-13-8)12-9(15)16-10(2,3)4/h5H,1-4H3,(H,11,13)(H,12,15). The van der Waals surface area contributed by atoms with E-state index in [0.29, 0.717) is 5.69 Å². The van der Waals surface area contributed by atoms with Crippen molar-refractivity contribution in [2.75, 3.05) is 5.32 Å². The van der Waals surface area contributed by atoms with Crippen LogP contribution in [0.5, 0.6) is 0 Å². The van der Waals surface area contributed by atoms with Crippen LogP contribution in [-0.4, -0.2) is 27.7 Å². The number of aromatic nitrogens is 2. The van der Waals surface area contributed by atoms with Gasteiger partial charge in [-0.25, -0.2) is 4.79 Å². The summed E-state index contributed by atoms with van der Waals surface area (Å²) < 4.78 is 5.04. The van der Waals surface area contributed by atoms with E-state index in [1.165, 1.54) is 13.1 Å². The molecule has 1 heterocycles. The Hall–Kier alpha value is -1.85. The third-order valence-corrected chi connectivity index (χ3v) is 1.63. The van der Waals surface area contributed by atoms with Gasteiger partial charge in [-0.05, 0) is 20.8 Å². The summed E-state index contributed by atoms with van der Waals surface area (Å²) in [6.07, 6.45) is 0.747. The zero-order valence-electron chi connectivity index (χ0n) is 9.75. The first-order chi connectivity index (χ1) is 7.29. The molecule has 1 rings (SSSR count). The van der Waals surface area contributed by atoms with Crippen molar-refractivity contribution >= 4 is 17.6 Å². The number of hydrogen-bond acceptors (Lipinski definition) is 4. The highest BCUT2D eigenvalue weighted by molar-refractivity contribution is 6.00. The van der Waals surface area contributed by atoms with Crippen LogP contribution in [0, 0.1) is 0 Å². The number of rotatable bonds is 2. The van der Waals surface area contributed by atoms with Gasteiger partial charge in [-0.1, -0.05) is 0 Å². The molecule has 88 valence electrons. The Morgan fingerprint density at radius 1 is 1.44 bits per heavy atom. The second-order valence-corrected chi connectivity index (χ2v) is 4.34. The summed E-state index contributed by atoms with van der Waals surface area (Å²) in [5, 5.41) is 8.63. The molecule has 0 aliphatic heterocycles. The Kier molecular flexibility index (Phi) is 3.31. The van der Waals surface area contributed by atoms with E-state index in [-0.39, 0.29) is 11.5 Å². The molecular formula is C10H15N3O3. The highest BCUT2D eigenvalue weighted by Gasteiger charge is 2.18. The van der Waals surface area contributed by atoms with E-state index >= 15 is 0 Å². The highest BCUT2D eigenvalue weighted by Crippen LogP contribution is 2.14. The number of nitrogens with one attached hydrogen (secondary N) is 2. The van der Waals surface area contributed by atoms with Crippen molar-refractivity contribution in [2.45, 2.75) is 33.3 Å². The minimum absolute atomic E-state index is 0.205. The average molecular weight is 225 g/mol. The van der Waals surface area contributed by atoms with Gasteiger partial charge in [0.05, 0.1) is 11.9 Å². The molecule has 1 amide bonds. The molecule has 0 atom stereocenters. The Morgan fingerprint density at radius 2 is 2.06 bits per heavy atom. The predicted molar refractivity (Wildman–Crippen MR) is 58.4 cm³/mol. The summed E-state index contributed by atoms with van der Waals surface area (Å²) in [5.41, 5.74) is -0.00267. The summed E-state index contributed by atoms with van der Waals surface area (Å²) in [6, 6.07) is 0. The fourth-order valence-electron chi connectivity index (χ4n) is 1.06. The number of ketones is 1. The molecule has 0 radical (unpaired) electrons. The number of carbonyl (C=O) groups is 2. The van der Waals surface area contributed by atoms with Gasteiger partial charge < -0.3 is 4.74 Å². The molecule has 0 fully saturated rings. The van der Waals surface area contributed by atoms with Gasteiger partial charge in [-0.3, -0.25) is 15.2 Å². The maximum atomic E-state index is 11.4. The fourth-order valence-corrected chi connectivity index (χ4v) is 1.06. The van der Waals surface area contributed by atoms with Crippen LogP contribution in [0.25, 0.3) is 0 Å². The lowest BCUT2D eigenvalue weighted by molar-refractivity contribution is 0.0636. The van der Waals surface area contributed by atoms with Crippen LogP contribution in [0.3, 0.4) is 0 Å². The highest BCUT2D eigenvalue weighted by atomic mass is 16.6. The second-order valence-electron chi connectivity index (χ2n) is 4.34.